The van der Waals surface area contributed by atoms with Crippen molar-refractivity contribution in [3.8, 4) is 22.5 Å². The fourth-order valence-corrected chi connectivity index (χ4v) is 15.7. The van der Waals surface area contributed by atoms with Crippen LogP contribution in [0.2, 0.25) is 6.82 Å². The fourth-order valence-electron chi connectivity index (χ4n) is 8.55. The van der Waals surface area contributed by atoms with Gasteiger partial charge in [0.15, 0.2) is 23.3 Å². The first-order chi connectivity index (χ1) is 36.8. The number of carbonyl (C=O) groups is 3. The van der Waals surface area contributed by atoms with E-state index in [1.165, 1.54) is 69.2 Å². The second-order valence-corrected chi connectivity index (χ2v) is 27.9. The van der Waals surface area contributed by atoms with Gasteiger partial charge in [-0.3, -0.25) is 19.4 Å². The van der Waals surface area contributed by atoms with Crippen LogP contribution in [-0.2, 0) is 44.9 Å². The molecule has 8 N–H and O–H groups in total. The Labute approximate surface area is 507 Å². The quantitative estimate of drug-likeness (QED) is 0.0418. The van der Waals surface area contributed by atoms with E-state index in [2.05, 4.69) is 102 Å². The number of nitrogens with zero attached hydrogens (tertiary/aromatic N) is 6. The van der Waals surface area contributed by atoms with Crippen molar-refractivity contribution in [3.05, 3.63) is 128 Å². The smallest absolute Gasteiger partial charge is 0.427 e. The molecule has 416 valence electrons. The van der Waals surface area contributed by atoms with Gasteiger partial charge in [0.25, 0.3) is 0 Å². The van der Waals surface area contributed by atoms with Crippen LogP contribution in [0.3, 0.4) is 0 Å². The van der Waals surface area contributed by atoms with E-state index in [4.69, 9.17) is 21.5 Å². The third-order valence-corrected chi connectivity index (χ3v) is 19.2. The first kappa shape index (κ1) is 64.6. The average molecular weight is 1370 g/mol. The predicted molar refractivity (Wildman–Crippen MR) is 339 cm³/mol. The second-order valence-electron chi connectivity index (χ2n) is 18.0. The molecule has 0 fully saturated rings. The van der Waals surface area contributed by atoms with Crippen molar-refractivity contribution in [2.45, 2.75) is 90.8 Å². The number of nitrogens with one attached hydrogen (secondary N) is 2. The molecule has 5 aliphatic carbocycles. The van der Waals surface area contributed by atoms with Crippen LogP contribution >= 0.6 is 117 Å². The minimum absolute atomic E-state index is 0. The molecule has 0 saturated carbocycles. The van der Waals surface area contributed by atoms with Gasteiger partial charge in [-0.2, -0.15) is 0 Å². The molecule has 0 unspecified atom stereocenters. The normalized spacial score (nSPS) is 14.2. The summed E-state index contributed by atoms with van der Waals surface area (Å²) in [7, 11) is 7.95. The molecule has 7 heterocycles. The Morgan fingerprint density at radius 3 is 1.59 bits per heavy atom. The number of guanidine groups is 1. The van der Waals surface area contributed by atoms with Gasteiger partial charge in [0.2, 0.25) is 11.9 Å². The molecule has 0 aliphatic heterocycles. The third-order valence-electron chi connectivity index (χ3n) is 12.0. The number of allylic oxidation sites excluding steroid dienone is 1. The van der Waals surface area contributed by atoms with Crippen molar-refractivity contribution in [2.75, 3.05) is 45.9 Å². The molecule has 15 nitrogen and oxygen atoms in total. The lowest BCUT2D eigenvalue weighted by atomic mass is 9.93. The van der Waals surface area contributed by atoms with Crippen LogP contribution in [0.5, 0.6) is 0 Å². The highest BCUT2D eigenvalue weighted by molar-refractivity contribution is 9.11. The van der Waals surface area contributed by atoms with Crippen molar-refractivity contribution in [1.82, 2.24) is 24.8 Å². The number of hydrogen-bond acceptors (Lipinski definition) is 18. The first-order valence-corrected chi connectivity index (χ1v) is 31.2. The van der Waals surface area contributed by atoms with E-state index >= 15 is 0 Å². The molecule has 0 saturated heterocycles. The summed E-state index contributed by atoms with van der Waals surface area (Å²) in [6.45, 7) is 3.43. The van der Waals surface area contributed by atoms with Crippen molar-refractivity contribution in [1.29, 1.82) is 0 Å². The number of ketones is 3. The van der Waals surface area contributed by atoms with Gasteiger partial charge >= 0.3 is 7.12 Å². The zero-order valence-electron chi connectivity index (χ0n) is 44.3. The van der Waals surface area contributed by atoms with E-state index in [-0.39, 0.29) is 24.1 Å². The molecule has 7 aromatic rings. The number of aliphatic imine (C=N–C) groups is 1. The molecule has 25 heteroatoms. The van der Waals surface area contributed by atoms with E-state index in [1.54, 1.807) is 45.3 Å². The third kappa shape index (κ3) is 18.2. The maximum Gasteiger partial charge on any atom is 0.448 e. The van der Waals surface area contributed by atoms with Gasteiger partial charge in [0.1, 0.15) is 0 Å². The monoisotopic (exact) mass is 1360 g/mol. The van der Waals surface area contributed by atoms with Crippen LogP contribution in [0.15, 0.2) is 76.2 Å². The molecular formula is C53H63BBr3ClN10O5S5. The summed E-state index contributed by atoms with van der Waals surface area (Å²) in [6, 6.07) is 10.2. The summed E-state index contributed by atoms with van der Waals surface area (Å²) in [5.41, 5.74) is 20.7. The van der Waals surface area contributed by atoms with Crippen LogP contribution in [0, 0.1) is 6.92 Å². The lowest BCUT2D eigenvalue weighted by Crippen LogP contribution is -2.21. The number of fused-ring (bicyclic) bond motifs is 9. The Hall–Kier alpha value is -4.21. The number of hydrogen-bond donors (Lipinski definition) is 6. The molecule has 0 atom stereocenters. The fraction of sp³-hybridized carbons (Fsp3) is 0.358. The Morgan fingerprint density at radius 1 is 0.667 bits per heavy atom. The highest BCUT2D eigenvalue weighted by Crippen LogP contribution is 2.41. The van der Waals surface area contributed by atoms with Gasteiger partial charge in [0, 0.05) is 129 Å². The van der Waals surface area contributed by atoms with Crippen LogP contribution < -0.4 is 22.1 Å². The van der Waals surface area contributed by atoms with Crippen molar-refractivity contribution < 1.29 is 24.4 Å². The number of Topliss-reactive ketones (excluding diaryl/α,β-unsaturated/α-hetero) is 3. The maximum absolute atomic E-state index is 12.1. The molecule has 78 heavy (non-hydrogen) atoms. The minimum atomic E-state index is -1.17. The molecule has 0 spiro atoms. The van der Waals surface area contributed by atoms with Crippen LogP contribution in [-0.4, -0.2) is 101 Å². The number of halogens is 4. The molecule has 12 rings (SSSR count). The topological polar surface area (TPSA) is 235 Å². The number of anilines is 2. The number of rotatable bonds is 3. The van der Waals surface area contributed by atoms with Crippen LogP contribution in [0.25, 0.3) is 22.5 Å². The molecule has 0 bridgehead atoms. The Morgan fingerprint density at radius 2 is 1.10 bits per heavy atom. The summed E-state index contributed by atoms with van der Waals surface area (Å²) in [6.07, 6.45) is 17.7. The Balaban J connectivity index is 0.000000174. The van der Waals surface area contributed by atoms with E-state index in [0.29, 0.717) is 23.5 Å². The van der Waals surface area contributed by atoms with Gasteiger partial charge in [0.05, 0.1) is 22.7 Å². The predicted octanol–water partition coefficient (Wildman–Crippen LogP) is 12.5. The molecule has 5 aliphatic rings. The Kier molecular flexibility index (Phi) is 25.8. The molecule has 0 amide bonds. The maximum atomic E-state index is 12.1. The average Bonchev–Trinajstić information content (AvgIpc) is 4.27. The zero-order chi connectivity index (χ0) is 55.9. The van der Waals surface area contributed by atoms with Gasteiger partial charge in [-0.05, 0) is 173 Å². The number of carbonyl (C=O) groups excluding carboxylic acids is 3. The highest BCUT2D eigenvalue weighted by Gasteiger charge is 2.25. The van der Waals surface area contributed by atoms with Crippen molar-refractivity contribution >= 4 is 159 Å². The molecular weight excluding hydrogens is 1300 g/mol. The summed E-state index contributed by atoms with van der Waals surface area (Å²) in [5.74, 6) is 2.36. The second kappa shape index (κ2) is 31.1. The molecule has 0 aromatic carbocycles. The van der Waals surface area contributed by atoms with Crippen LogP contribution in [0.1, 0.15) is 104 Å². The van der Waals surface area contributed by atoms with E-state index in [0.717, 1.165) is 118 Å². The van der Waals surface area contributed by atoms with Gasteiger partial charge in [-0.25, -0.2) is 19.9 Å². The van der Waals surface area contributed by atoms with Crippen molar-refractivity contribution in [3.63, 3.8) is 0 Å². The van der Waals surface area contributed by atoms with E-state index in [9.17, 15) is 14.4 Å². The Bertz CT molecular complexity index is 3140. The number of thiophene rings is 5. The summed E-state index contributed by atoms with van der Waals surface area (Å²) in [4.78, 5) is 65.4. The standard InChI is InChI=1S/C12H13N3S.C11H10BrN3S.C11H12BrNOS.C8H7BrOS.C8H8OS.C2H7N3.CH5BO2.ClH/c1-7-5-9-10(16-7)4-3-8-6-14-12(13-2)15-11(8)9;1-13-11-14-5-6-2-3-8-7(10(6)15-11)4-9(12)16-8;1-13(2)6-7-3-4-9-8(11(7)14)5-10(12)15-9;9-8-4-5-6(10)2-1-3-7(5)11-8;9-7-2-1-3-8-6(7)4-5-10-8;1-5-2(3)4;1-2(3)4;/h5-6H,3-4H2,1-2H3,(H,13,14,15);4-5H,2-3H2,1H3,(H,13,14,15);5-6H,3-4H2,1-2H3;4H,1-3H2;4-5H,1-3H2;1H3,(H4,3,4,5);3-4H,1H3;1H/b;;7-6-;;;;;. The van der Waals surface area contributed by atoms with Crippen LogP contribution in [0.4, 0.5) is 11.9 Å². The summed E-state index contributed by atoms with van der Waals surface area (Å²) >= 11 is 19.1. The molecule has 0 radical (unpaired) electrons. The summed E-state index contributed by atoms with van der Waals surface area (Å²) in [5, 5.41) is 23.2. The largest absolute Gasteiger partial charge is 0.448 e. The number of aromatic nitrogens is 4. The lowest BCUT2D eigenvalue weighted by Gasteiger charge is -2.15. The van der Waals surface area contributed by atoms with Gasteiger partial charge in [-0.15, -0.1) is 69.1 Å². The van der Waals surface area contributed by atoms with Crippen molar-refractivity contribution in [2.24, 2.45) is 16.5 Å². The summed E-state index contributed by atoms with van der Waals surface area (Å²) < 4.78 is 3.31. The first-order valence-electron chi connectivity index (χ1n) is 24.7. The van der Waals surface area contributed by atoms with Gasteiger partial charge in [-0.1, -0.05) is 0 Å². The zero-order valence-corrected chi connectivity index (χ0v) is 54.0. The SMILES string of the molecule is CB(O)O.CN(C)/C=C1/CCc2sc(Br)cc2C1=O.CN=C(N)N.CNc1ncc2c(n1)-c1cc(Br)sc1CC2.CNc1ncc2c(n1)-c1cc(C)sc1CC2.Cl.O=C1CCCc2sc(Br)cc21.O=C1CCCc2sccc21. The van der Waals surface area contributed by atoms with E-state index in [1.807, 2.05) is 86.6 Å². The van der Waals surface area contributed by atoms with Gasteiger partial charge < -0.3 is 37.0 Å². The minimum Gasteiger partial charge on any atom is -0.427 e. The highest BCUT2D eigenvalue weighted by atomic mass is 79.9. The number of aryl methyl sites for hydroxylation is 8. The molecule has 7 aromatic heterocycles. The number of nitrogens with two attached hydrogens (primary N) is 2. The van der Waals surface area contributed by atoms with E-state index < -0.39 is 7.12 Å². The lowest BCUT2D eigenvalue weighted by molar-refractivity contribution is 0.0965.